The molecule has 0 aliphatic rings. The Hall–Kier alpha value is -0.370. The van der Waals surface area contributed by atoms with Crippen molar-refractivity contribution in [3.05, 3.63) is 23.0 Å². The average molecular weight is 211 g/mol. The Kier molecular flexibility index (Phi) is 4.11. The van der Waals surface area contributed by atoms with E-state index in [0.29, 0.717) is 5.92 Å². The highest BCUT2D eigenvalue weighted by Crippen LogP contribution is 2.17. The van der Waals surface area contributed by atoms with Gasteiger partial charge in [-0.2, -0.15) is 12.6 Å². The normalized spacial score (nSPS) is 11.3. The van der Waals surface area contributed by atoms with E-state index in [4.69, 9.17) is 0 Å². The topological polar surface area (TPSA) is 4.93 Å². The fourth-order valence-electron chi connectivity index (χ4n) is 1.89. The van der Waals surface area contributed by atoms with Crippen molar-refractivity contribution in [3.8, 4) is 0 Å². The van der Waals surface area contributed by atoms with E-state index < -0.39 is 0 Å². The lowest BCUT2D eigenvalue weighted by Crippen LogP contribution is -2.08. The van der Waals surface area contributed by atoms with Crippen molar-refractivity contribution in [2.45, 2.75) is 40.7 Å². The summed E-state index contributed by atoms with van der Waals surface area (Å²) in [4.78, 5) is 0. The first-order chi connectivity index (χ1) is 6.56. The fraction of sp³-hybridized carbons (Fsp3) is 0.667. The Bertz CT molecular complexity index is 300. The van der Waals surface area contributed by atoms with E-state index in [0.717, 1.165) is 18.7 Å². The second-order valence-electron chi connectivity index (χ2n) is 4.37. The first-order valence-corrected chi connectivity index (χ1v) is 5.96. The molecule has 0 aliphatic carbocycles. The van der Waals surface area contributed by atoms with E-state index in [9.17, 15) is 0 Å². The van der Waals surface area contributed by atoms with Crippen LogP contribution in [0.1, 0.15) is 30.8 Å². The number of aromatic nitrogens is 1. The molecule has 0 aliphatic heterocycles. The predicted octanol–water partition coefficient (Wildman–Crippen LogP) is 3.23. The minimum Gasteiger partial charge on any atom is -0.349 e. The van der Waals surface area contributed by atoms with Gasteiger partial charge in [-0.25, -0.2) is 0 Å². The lowest BCUT2D eigenvalue weighted by molar-refractivity contribution is 0.508. The molecule has 0 unspecified atom stereocenters. The van der Waals surface area contributed by atoms with Crippen LogP contribution in [0.3, 0.4) is 0 Å². The highest BCUT2D eigenvalue weighted by molar-refractivity contribution is 7.80. The third-order valence-electron chi connectivity index (χ3n) is 2.61. The Morgan fingerprint density at radius 1 is 1.36 bits per heavy atom. The Morgan fingerprint density at radius 3 is 2.50 bits per heavy atom. The zero-order valence-electron chi connectivity index (χ0n) is 9.67. The van der Waals surface area contributed by atoms with Gasteiger partial charge in [0.2, 0.25) is 0 Å². The molecule has 14 heavy (non-hydrogen) atoms. The SMILES string of the molecule is Cc1cc(CCS)c(C)n1CC(C)C. The Labute approximate surface area is 92.9 Å². The molecular formula is C12H21NS. The molecule has 1 aromatic rings. The van der Waals surface area contributed by atoms with E-state index in [1.165, 1.54) is 17.0 Å². The first-order valence-electron chi connectivity index (χ1n) is 5.32. The molecule has 0 saturated heterocycles. The first kappa shape index (κ1) is 11.7. The number of aryl methyl sites for hydroxylation is 2. The molecule has 80 valence electrons. The summed E-state index contributed by atoms with van der Waals surface area (Å²) in [6.45, 7) is 10.1. The van der Waals surface area contributed by atoms with Gasteiger partial charge in [0.25, 0.3) is 0 Å². The van der Waals surface area contributed by atoms with Gasteiger partial charge in [0.1, 0.15) is 0 Å². The second kappa shape index (κ2) is 4.92. The van der Waals surface area contributed by atoms with Gasteiger partial charge in [0.05, 0.1) is 0 Å². The molecule has 1 nitrogen and oxygen atoms in total. The highest BCUT2D eigenvalue weighted by Gasteiger charge is 2.08. The lowest BCUT2D eigenvalue weighted by atomic mass is 10.2. The van der Waals surface area contributed by atoms with Crippen molar-refractivity contribution in [1.82, 2.24) is 4.57 Å². The molecule has 0 amide bonds. The molecule has 1 heterocycles. The molecule has 0 radical (unpaired) electrons. The van der Waals surface area contributed by atoms with Crippen LogP contribution in [0.25, 0.3) is 0 Å². The van der Waals surface area contributed by atoms with Crippen LogP contribution in [-0.2, 0) is 13.0 Å². The van der Waals surface area contributed by atoms with E-state index in [1.807, 2.05) is 0 Å². The van der Waals surface area contributed by atoms with Crippen LogP contribution in [0, 0.1) is 19.8 Å². The van der Waals surface area contributed by atoms with Crippen LogP contribution in [0.15, 0.2) is 6.07 Å². The van der Waals surface area contributed by atoms with E-state index >= 15 is 0 Å². The summed E-state index contributed by atoms with van der Waals surface area (Å²) >= 11 is 4.28. The molecule has 0 spiro atoms. The largest absolute Gasteiger partial charge is 0.349 e. The van der Waals surface area contributed by atoms with Crippen molar-refractivity contribution < 1.29 is 0 Å². The number of nitrogens with zero attached hydrogens (tertiary/aromatic N) is 1. The van der Waals surface area contributed by atoms with Crippen molar-refractivity contribution in [1.29, 1.82) is 0 Å². The zero-order valence-corrected chi connectivity index (χ0v) is 10.6. The quantitative estimate of drug-likeness (QED) is 0.730. The molecular weight excluding hydrogens is 190 g/mol. The zero-order chi connectivity index (χ0) is 10.7. The third kappa shape index (κ3) is 2.57. The summed E-state index contributed by atoms with van der Waals surface area (Å²) < 4.78 is 2.42. The second-order valence-corrected chi connectivity index (χ2v) is 4.82. The standard InChI is InChI=1S/C12H21NS/c1-9(2)8-13-10(3)7-12(5-6-14)11(13)4/h7,9,14H,5-6,8H2,1-4H3. The number of hydrogen-bond acceptors (Lipinski definition) is 1. The molecule has 1 rings (SSSR count). The van der Waals surface area contributed by atoms with Gasteiger partial charge >= 0.3 is 0 Å². The van der Waals surface area contributed by atoms with Crippen LogP contribution in [-0.4, -0.2) is 10.3 Å². The smallest absolute Gasteiger partial charge is 0.0247 e. The summed E-state index contributed by atoms with van der Waals surface area (Å²) in [6, 6.07) is 2.30. The monoisotopic (exact) mass is 211 g/mol. The van der Waals surface area contributed by atoms with E-state index in [-0.39, 0.29) is 0 Å². The third-order valence-corrected chi connectivity index (χ3v) is 2.83. The van der Waals surface area contributed by atoms with E-state index in [2.05, 4.69) is 51.0 Å². The van der Waals surface area contributed by atoms with E-state index in [1.54, 1.807) is 0 Å². The van der Waals surface area contributed by atoms with Crippen molar-refractivity contribution in [3.63, 3.8) is 0 Å². The summed E-state index contributed by atoms with van der Waals surface area (Å²) in [5, 5.41) is 0. The van der Waals surface area contributed by atoms with Gasteiger partial charge in [0, 0.05) is 17.9 Å². The van der Waals surface area contributed by atoms with Gasteiger partial charge in [-0.05, 0) is 43.6 Å². The molecule has 0 fully saturated rings. The molecule has 0 aromatic carbocycles. The number of hydrogen-bond donors (Lipinski definition) is 1. The Balaban J connectivity index is 2.92. The maximum absolute atomic E-state index is 4.28. The maximum Gasteiger partial charge on any atom is 0.0247 e. The summed E-state index contributed by atoms with van der Waals surface area (Å²) in [6.07, 6.45) is 1.08. The number of rotatable bonds is 4. The number of thiol groups is 1. The molecule has 2 heteroatoms. The molecule has 0 N–H and O–H groups in total. The lowest BCUT2D eigenvalue weighted by Gasteiger charge is -2.12. The van der Waals surface area contributed by atoms with Gasteiger partial charge in [-0.3, -0.25) is 0 Å². The van der Waals surface area contributed by atoms with Crippen molar-refractivity contribution in [2.75, 3.05) is 5.75 Å². The maximum atomic E-state index is 4.28. The van der Waals surface area contributed by atoms with Crippen LogP contribution < -0.4 is 0 Å². The minimum atomic E-state index is 0.712. The highest BCUT2D eigenvalue weighted by atomic mass is 32.1. The van der Waals surface area contributed by atoms with Crippen LogP contribution in [0.5, 0.6) is 0 Å². The predicted molar refractivity (Wildman–Crippen MR) is 66.3 cm³/mol. The average Bonchev–Trinajstić information content (AvgIpc) is 2.33. The molecule has 0 saturated carbocycles. The van der Waals surface area contributed by atoms with Crippen molar-refractivity contribution in [2.24, 2.45) is 5.92 Å². The summed E-state index contributed by atoms with van der Waals surface area (Å²) in [5.74, 6) is 1.65. The minimum absolute atomic E-state index is 0.712. The molecule has 0 bridgehead atoms. The molecule has 1 aromatic heterocycles. The summed E-state index contributed by atoms with van der Waals surface area (Å²) in [5.41, 5.74) is 4.26. The van der Waals surface area contributed by atoms with Crippen LogP contribution in [0.2, 0.25) is 0 Å². The van der Waals surface area contributed by atoms with Gasteiger partial charge in [-0.1, -0.05) is 13.8 Å². The van der Waals surface area contributed by atoms with Crippen LogP contribution in [0.4, 0.5) is 0 Å². The summed E-state index contributed by atoms with van der Waals surface area (Å²) in [7, 11) is 0. The Morgan fingerprint density at radius 2 is 2.00 bits per heavy atom. The fourth-order valence-corrected chi connectivity index (χ4v) is 2.13. The van der Waals surface area contributed by atoms with Gasteiger partial charge < -0.3 is 4.57 Å². The van der Waals surface area contributed by atoms with Gasteiger partial charge in [0.15, 0.2) is 0 Å². The van der Waals surface area contributed by atoms with Crippen molar-refractivity contribution >= 4 is 12.6 Å². The van der Waals surface area contributed by atoms with Crippen LogP contribution >= 0.6 is 12.6 Å². The molecule has 0 atom stereocenters. The van der Waals surface area contributed by atoms with Gasteiger partial charge in [-0.15, -0.1) is 0 Å².